The van der Waals surface area contributed by atoms with Gasteiger partial charge >= 0.3 is 6.18 Å². The molecule has 4 aliphatic rings. The number of hydrogen-bond acceptors (Lipinski definition) is 2. The smallest absolute Gasteiger partial charge is 0.274 e. The van der Waals surface area contributed by atoms with E-state index in [9.17, 15) is 22.8 Å². The Kier molecular flexibility index (Phi) is 4.38. The van der Waals surface area contributed by atoms with Gasteiger partial charge in [-0.25, -0.2) is 4.90 Å². The summed E-state index contributed by atoms with van der Waals surface area (Å²) in [5.74, 6) is -2.76. The van der Waals surface area contributed by atoms with E-state index in [2.05, 4.69) is 0 Å². The summed E-state index contributed by atoms with van der Waals surface area (Å²) in [7, 11) is 0. The number of halogens is 4. The standard InChI is InChI=1S/C27H19ClF3NO2/c1-2-26-17-9-5-3-7-15(17)21(16-8-4-6-10-18(16)26)22-23(26)25(34)32(24(22)33)20-13-14(27(29,30)31)11-12-19(20)28/h3-13,21-23H,2H2,1H3/t21?,22-,23+,26?/m0/s1. The van der Waals surface area contributed by atoms with Crippen molar-refractivity contribution in [2.75, 3.05) is 4.90 Å². The lowest BCUT2D eigenvalue weighted by Gasteiger charge is -2.54. The van der Waals surface area contributed by atoms with Gasteiger partial charge in [-0.2, -0.15) is 13.2 Å². The van der Waals surface area contributed by atoms with Crippen molar-refractivity contribution in [3.05, 3.63) is 99.6 Å². The molecule has 1 fully saturated rings. The molecular formula is C27H19ClF3NO2. The fourth-order valence-corrected chi connectivity index (χ4v) is 6.83. The lowest BCUT2D eigenvalue weighted by atomic mass is 9.46. The largest absolute Gasteiger partial charge is 0.416 e. The van der Waals surface area contributed by atoms with Crippen LogP contribution in [0.5, 0.6) is 0 Å². The van der Waals surface area contributed by atoms with Gasteiger partial charge in [-0.1, -0.05) is 67.1 Å². The van der Waals surface area contributed by atoms with E-state index in [4.69, 9.17) is 11.6 Å². The lowest BCUT2D eigenvalue weighted by molar-refractivity contribution is -0.137. The van der Waals surface area contributed by atoms with Crippen molar-refractivity contribution < 1.29 is 22.8 Å². The van der Waals surface area contributed by atoms with Crippen molar-refractivity contribution >= 4 is 29.1 Å². The molecule has 1 aliphatic heterocycles. The zero-order valence-electron chi connectivity index (χ0n) is 18.1. The van der Waals surface area contributed by atoms with E-state index < -0.39 is 40.8 Å². The minimum Gasteiger partial charge on any atom is -0.274 e. The summed E-state index contributed by atoms with van der Waals surface area (Å²) in [4.78, 5) is 28.8. The quantitative estimate of drug-likeness (QED) is 0.402. The van der Waals surface area contributed by atoms with Gasteiger partial charge < -0.3 is 0 Å². The number of alkyl halides is 3. The molecule has 3 aromatic rings. The molecule has 7 heteroatoms. The third-order valence-electron chi connectivity index (χ3n) is 7.87. The zero-order valence-corrected chi connectivity index (χ0v) is 18.8. The summed E-state index contributed by atoms with van der Waals surface area (Å²) in [5.41, 5.74) is 2.12. The fourth-order valence-electron chi connectivity index (χ4n) is 6.63. The van der Waals surface area contributed by atoms with Crippen molar-refractivity contribution in [1.82, 2.24) is 0 Å². The first-order chi connectivity index (χ1) is 16.2. The third-order valence-corrected chi connectivity index (χ3v) is 8.19. The molecule has 0 saturated carbocycles. The van der Waals surface area contributed by atoms with Gasteiger partial charge in [0.25, 0.3) is 0 Å². The van der Waals surface area contributed by atoms with Gasteiger partial charge in [-0.15, -0.1) is 0 Å². The summed E-state index contributed by atoms with van der Waals surface area (Å²) in [6, 6.07) is 18.5. The number of anilines is 1. The Balaban J connectivity index is 1.60. The molecular weight excluding hydrogens is 463 g/mol. The van der Waals surface area contributed by atoms with Crippen molar-refractivity contribution in [3.8, 4) is 0 Å². The highest BCUT2D eigenvalue weighted by atomic mass is 35.5. The Bertz CT molecular complexity index is 1330. The van der Waals surface area contributed by atoms with Crippen LogP contribution >= 0.6 is 11.6 Å². The first-order valence-electron chi connectivity index (χ1n) is 11.1. The Hall–Kier alpha value is -3.12. The summed E-state index contributed by atoms with van der Waals surface area (Å²) >= 11 is 6.28. The number of carbonyl (C=O) groups excluding carboxylic acids is 2. The molecule has 0 radical (unpaired) electrons. The summed E-state index contributed by atoms with van der Waals surface area (Å²) < 4.78 is 40.4. The first-order valence-corrected chi connectivity index (χ1v) is 11.5. The molecule has 1 heterocycles. The summed E-state index contributed by atoms with van der Waals surface area (Å²) in [6.07, 6.45) is -4.06. The van der Waals surface area contributed by atoms with Crippen LogP contribution in [0.15, 0.2) is 66.7 Å². The van der Waals surface area contributed by atoms with E-state index in [0.29, 0.717) is 6.42 Å². The van der Waals surface area contributed by atoms with Crippen molar-refractivity contribution in [2.45, 2.75) is 30.9 Å². The molecule has 2 amide bonds. The number of nitrogens with zero attached hydrogens (tertiary/aromatic N) is 1. The second kappa shape index (κ2) is 6.95. The number of imide groups is 1. The van der Waals surface area contributed by atoms with E-state index in [1.807, 2.05) is 55.5 Å². The number of amides is 2. The van der Waals surface area contributed by atoms with Crippen LogP contribution in [0.3, 0.4) is 0 Å². The molecule has 34 heavy (non-hydrogen) atoms. The summed E-state index contributed by atoms with van der Waals surface area (Å²) in [6.45, 7) is 1.99. The summed E-state index contributed by atoms with van der Waals surface area (Å²) in [5, 5.41) is -0.0683. The molecule has 0 N–H and O–H groups in total. The minimum absolute atomic E-state index is 0.0683. The second-order valence-electron chi connectivity index (χ2n) is 9.16. The SMILES string of the molecule is CCC12c3ccccc3C(c3ccccc31)[C@@H]1C(=O)N(c3cc(C(F)(F)F)ccc3Cl)C(=O)[C@@H]12. The van der Waals surface area contributed by atoms with E-state index in [0.717, 1.165) is 45.4 Å². The number of benzene rings is 3. The van der Waals surface area contributed by atoms with Crippen LogP contribution in [0, 0.1) is 11.8 Å². The zero-order chi connectivity index (χ0) is 24.0. The van der Waals surface area contributed by atoms with Crippen LogP contribution in [0.25, 0.3) is 0 Å². The molecule has 172 valence electrons. The van der Waals surface area contributed by atoms with Crippen LogP contribution in [0.2, 0.25) is 5.02 Å². The van der Waals surface area contributed by atoms with Crippen LogP contribution < -0.4 is 4.90 Å². The molecule has 0 spiro atoms. The maximum Gasteiger partial charge on any atom is 0.416 e. The molecule has 0 aromatic heterocycles. The van der Waals surface area contributed by atoms with E-state index in [1.165, 1.54) is 0 Å². The normalized spacial score (nSPS) is 27.0. The molecule has 2 atom stereocenters. The molecule has 3 nitrogen and oxygen atoms in total. The minimum atomic E-state index is -4.63. The topological polar surface area (TPSA) is 37.4 Å². The van der Waals surface area contributed by atoms with Gasteiger partial charge in [0.1, 0.15) is 0 Å². The predicted molar refractivity (Wildman–Crippen MR) is 122 cm³/mol. The Labute approximate surface area is 199 Å². The maximum atomic E-state index is 14.0. The lowest BCUT2D eigenvalue weighted by Crippen LogP contribution is -2.53. The fraction of sp³-hybridized carbons (Fsp3) is 0.259. The first kappa shape index (κ1) is 21.4. The maximum absolute atomic E-state index is 14.0. The monoisotopic (exact) mass is 481 g/mol. The highest BCUT2D eigenvalue weighted by molar-refractivity contribution is 6.36. The van der Waals surface area contributed by atoms with Gasteiger partial charge in [0, 0.05) is 11.3 Å². The molecule has 0 unspecified atom stereocenters. The van der Waals surface area contributed by atoms with Crippen molar-refractivity contribution in [1.29, 1.82) is 0 Å². The van der Waals surface area contributed by atoms with E-state index in [-0.39, 0.29) is 16.6 Å². The van der Waals surface area contributed by atoms with Gasteiger partial charge in [-0.3, -0.25) is 9.59 Å². The molecule has 2 bridgehead atoms. The Morgan fingerprint density at radius 2 is 1.50 bits per heavy atom. The average molecular weight is 482 g/mol. The second-order valence-corrected chi connectivity index (χ2v) is 9.56. The molecule has 3 aliphatic carbocycles. The third kappa shape index (κ3) is 2.49. The van der Waals surface area contributed by atoms with E-state index >= 15 is 0 Å². The van der Waals surface area contributed by atoms with Crippen molar-refractivity contribution in [3.63, 3.8) is 0 Å². The highest BCUT2D eigenvalue weighted by Gasteiger charge is 2.67. The Morgan fingerprint density at radius 3 is 2.06 bits per heavy atom. The number of carbonyl (C=O) groups is 2. The van der Waals surface area contributed by atoms with Gasteiger partial charge in [0.15, 0.2) is 0 Å². The van der Waals surface area contributed by atoms with Gasteiger partial charge in [-0.05, 0) is 46.9 Å². The molecule has 1 saturated heterocycles. The number of rotatable bonds is 2. The van der Waals surface area contributed by atoms with Crippen LogP contribution in [0.1, 0.15) is 47.1 Å². The van der Waals surface area contributed by atoms with Gasteiger partial charge in [0.2, 0.25) is 11.8 Å². The van der Waals surface area contributed by atoms with Crippen LogP contribution in [-0.4, -0.2) is 11.8 Å². The number of hydrogen-bond donors (Lipinski definition) is 0. The van der Waals surface area contributed by atoms with Gasteiger partial charge in [0.05, 0.1) is 28.1 Å². The van der Waals surface area contributed by atoms with Crippen LogP contribution in [0.4, 0.5) is 18.9 Å². The predicted octanol–water partition coefficient (Wildman–Crippen LogP) is 6.32. The molecule has 7 rings (SSSR count). The van der Waals surface area contributed by atoms with E-state index in [1.54, 1.807) is 0 Å². The highest BCUT2D eigenvalue weighted by Crippen LogP contribution is 2.65. The average Bonchev–Trinajstić information content (AvgIpc) is 3.09. The Morgan fingerprint density at radius 1 is 0.912 bits per heavy atom. The molecule has 3 aromatic carbocycles. The van der Waals surface area contributed by atoms with Crippen molar-refractivity contribution in [2.24, 2.45) is 11.8 Å². The van der Waals surface area contributed by atoms with Crippen LogP contribution in [-0.2, 0) is 21.2 Å².